The Labute approximate surface area is 285 Å². The molecule has 270 valence electrons. The zero-order valence-electron chi connectivity index (χ0n) is 29.5. The van der Waals surface area contributed by atoms with E-state index in [1.807, 2.05) is 6.08 Å². The van der Waals surface area contributed by atoms with Crippen molar-refractivity contribution in [1.82, 2.24) is 10.6 Å². The van der Waals surface area contributed by atoms with Crippen LogP contribution in [0.1, 0.15) is 155 Å². The second kappa shape index (κ2) is 33.0. The summed E-state index contributed by atoms with van der Waals surface area (Å²) in [7, 11) is 0. The number of nitrogens with one attached hydrogen (secondary N) is 2. The van der Waals surface area contributed by atoms with Gasteiger partial charge in [0.25, 0.3) is 0 Å². The molecule has 0 aliphatic carbocycles. The summed E-state index contributed by atoms with van der Waals surface area (Å²) >= 11 is 0. The van der Waals surface area contributed by atoms with Gasteiger partial charge in [0.1, 0.15) is 12.1 Å². The fourth-order valence-electron chi connectivity index (χ4n) is 4.94. The number of rotatable bonds is 32. The van der Waals surface area contributed by atoms with Crippen LogP contribution in [0.2, 0.25) is 0 Å². The van der Waals surface area contributed by atoms with Gasteiger partial charge >= 0.3 is 11.9 Å². The van der Waals surface area contributed by atoms with E-state index in [9.17, 15) is 19.2 Å². The Balaban J connectivity index is 4.42. The molecule has 4 N–H and O–H groups in total. The lowest BCUT2D eigenvalue weighted by Crippen LogP contribution is -2.47. The van der Waals surface area contributed by atoms with Crippen molar-refractivity contribution in [2.45, 2.75) is 167 Å². The molecule has 9 heteroatoms. The molecule has 0 radical (unpaired) electrons. The van der Waals surface area contributed by atoms with Crippen molar-refractivity contribution in [2.75, 3.05) is 13.2 Å². The van der Waals surface area contributed by atoms with Gasteiger partial charge in [-0.1, -0.05) is 108 Å². The molecule has 0 fully saturated rings. The van der Waals surface area contributed by atoms with Gasteiger partial charge in [-0.3, -0.25) is 14.4 Å². The number of carboxylic acid groups (broad SMARTS) is 1. The Morgan fingerprint density at radius 2 is 1.23 bits per heavy atom. The molecule has 0 saturated heterocycles. The van der Waals surface area contributed by atoms with E-state index < -0.39 is 24.5 Å². The second-order valence-corrected chi connectivity index (χ2v) is 12.3. The van der Waals surface area contributed by atoms with Crippen LogP contribution in [0.15, 0.2) is 36.5 Å². The van der Waals surface area contributed by atoms with Crippen molar-refractivity contribution in [2.24, 2.45) is 0 Å². The van der Waals surface area contributed by atoms with E-state index in [0.717, 1.165) is 64.2 Å². The number of aliphatic hydroxyl groups is 1. The van der Waals surface area contributed by atoms with Crippen LogP contribution < -0.4 is 10.6 Å². The number of hydrogen-bond donors (Lipinski definition) is 4. The Hall–Kier alpha value is -2.94. The molecular weight excluding hydrogens is 596 g/mol. The van der Waals surface area contributed by atoms with Crippen molar-refractivity contribution in [3.05, 3.63) is 36.5 Å². The van der Waals surface area contributed by atoms with Gasteiger partial charge in [0.05, 0.1) is 13.2 Å². The van der Waals surface area contributed by atoms with E-state index in [-0.39, 0.29) is 30.9 Å². The van der Waals surface area contributed by atoms with Crippen LogP contribution in [0.5, 0.6) is 0 Å². The smallest absolute Gasteiger partial charge is 0.328 e. The molecule has 9 nitrogen and oxygen atoms in total. The van der Waals surface area contributed by atoms with Crippen LogP contribution in [-0.2, 0) is 23.9 Å². The number of carboxylic acids is 1. The highest BCUT2D eigenvalue weighted by Gasteiger charge is 2.18. The Morgan fingerprint density at radius 1 is 0.660 bits per heavy atom. The number of esters is 1. The van der Waals surface area contributed by atoms with Gasteiger partial charge in [-0.15, -0.1) is 0 Å². The first-order valence-electron chi connectivity index (χ1n) is 18.4. The average Bonchev–Trinajstić information content (AvgIpc) is 3.05. The third-order valence-corrected chi connectivity index (χ3v) is 7.84. The van der Waals surface area contributed by atoms with Crippen molar-refractivity contribution < 1.29 is 34.1 Å². The Kier molecular flexibility index (Phi) is 30.9. The average molecular weight is 663 g/mol. The molecule has 0 spiro atoms. The monoisotopic (exact) mass is 662 g/mol. The van der Waals surface area contributed by atoms with Crippen LogP contribution in [0, 0.1) is 0 Å². The number of ether oxygens (including phenoxy) is 1. The van der Waals surface area contributed by atoms with E-state index in [1.54, 1.807) is 0 Å². The first kappa shape index (κ1) is 44.1. The lowest BCUT2D eigenvalue weighted by Gasteiger charge is -2.15. The van der Waals surface area contributed by atoms with Crippen LogP contribution in [-0.4, -0.2) is 59.3 Å². The number of allylic oxidation sites excluding steroid dienone is 5. The van der Waals surface area contributed by atoms with Gasteiger partial charge in [-0.05, 0) is 70.3 Å². The van der Waals surface area contributed by atoms with E-state index in [4.69, 9.17) is 14.9 Å². The minimum Gasteiger partial charge on any atom is -0.480 e. The first-order chi connectivity index (χ1) is 22.8. The molecule has 0 bridgehead atoms. The first-order valence-corrected chi connectivity index (χ1v) is 18.4. The molecule has 2 unspecified atom stereocenters. The maximum atomic E-state index is 12.6. The molecule has 2 atom stereocenters. The number of carbonyl (C=O) groups is 4. The summed E-state index contributed by atoms with van der Waals surface area (Å²) in [6.07, 6.45) is 34.7. The zero-order valence-corrected chi connectivity index (χ0v) is 29.5. The highest BCUT2D eigenvalue weighted by atomic mass is 16.5. The van der Waals surface area contributed by atoms with Gasteiger partial charge in [-0.25, -0.2) is 4.79 Å². The minimum absolute atomic E-state index is 0.139. The standard InChI is InChI=1S/C38H66N2O7/c1-3-5-7-9-11-13-14-16-18-20-26-30-37(44)47-33(27-23-19-17-15-12-10-8-6-4-2)28-24-21-22-25-29-35(42)39-31-36(43)40-34(32-41)38(45)46/h9,11,15,17,23,27,33-34,41H,3-8,10,12-14,16,18-22,24-26,28-32H2,1-2H3,(H,39,42)(H,40,43)(H,45,46)/b11-9-,17-15-,27-23-. The topological polar surface area (TPSA) is 142 Å². The number of aliphatic carboxylic acids is 1. The predicted molar refractivity (Wildman–Crippen MR) is 190 cm³/mol. The third-order valence-electron chi connectivity index (χ3n) is 7.84. The lowest BCUT2D eigenvalue weighted by atomic mass is 10.1. The van der Waals surface area contributed by atoms with Gasteiger partial charge in [0, 0.05) is 12.8 Å². The molecule has 0 aromatic rings. The third kappa shape index (κ3) is 30.2. The van der Waals surface area contributed by atoms with Gasteiger partial charge in [0.15, 0.2) is 0 Å². The highest BCUT2D eigenvalue weighted by Crippen LogP contribution is 2.14. The largest absolute Gasteiger partial charge is 0.480 e. The summed E-state index contributed by atoms with van der Waals surface area (Å²) in [5.74, 6) is -2.44. The van der Waals surface area contributed by atoms with Crippen LogP contribution in [0.25, 0.3) is 0 Å². The summed E-state index contributed by atoms with van der Waals surface area (Å²) < 4.78 is 5.85. The maximum Gasteiger partial charge on any atom is 0.328 e. The molecule has 0 aromatic carbocycles. The molecule has 0 aliphatic rings. The van der Waals surface area contributed by atoms with Crippen molar-refractivity contribution in [1.29, 1.82) is 0 Å². The fourth-order valence-corrected chi connectivity index (χ4v) is 4.94. The van der Waals surface area contributed by atoms with Gasteiger partial charge < -0.3 is 25.6 Å². The molecule has 2 amide bonds. The fraction of sp³-hybridized carbons (Fsp3) is 0.737. The maximum absolute atomic E-state index is 12.6. The summed E-state index contributed by atoms with van der Waals surface area (Å²) in [4.78, 5) is 47.3. The normalized spacial score (nSPS) is 12.9. The summed E-state index contributed by atoms with van der Waals surface area (Å²) in [5.41, 5.74) is 0. The van der Waals surface area contributed by atoms with Gasteiger partial charge in [0.2, 0.25) is 11.8 Å². The molecule has 0 heterocycles. The molecule has 0 saturated carbocycles. The predicted octanol–water partition coefficient (Wildman–Crippen LogP) is 7.87. The number of amides is 2. The molecular formula is C38H66N2O7. The molecule has 47 heavy (non-hydrogen) atoms. The summed E-state index contributed by atoms with van der Waals surface area (Å²) in [5, 5.41) is 22.5. The second-order valence-electron chi connectivity index (χ2n) is 12.3. The number of hydrogen-bond acceptors (Lipinski definition) is 6. The number of unbranched alkanes of at least 4 members (excludes halogenated alkanes) is 14. The van der Waals surface area contributed by atoms with Crippen LogP contribution >= 0.6 is 0 Å². The minimum atomic E-state index is -1.39. The SMILES string of the molecule is CCCC/C=C\CCCCCCCC(=O)OC(/C=C\C/C=C\CCCCCC)CCCCCCC(=O)NCC(=O)NC(CO)C(=O)O. The van der Waals surface area contributed by atoms with E-state index >= 15 is 0 Å². The highest BCUT2D eigenvalue weighted by molar-refractivity contribution is 5.87. The van der Waals surface area contributed by atoms with E-state index in [2.05, 4.69) is 54.9 Å². The number of aliphatic hydroxyl groups excluding tert-OH is 1. The lowest BCUT2D eigenvalue weighted by molar-refractivity contribution is -0.147. The number of carbonyl (C=O) groups excluding carboxylic acids is 3. The zero-order chi connectivity index (χ0) is 34.8. The van der Waals surface area contributed by atoms with Gasteiger partial charge in [-0.2, -0.15) is 0 Å². The molecule has 0 aliphatic heterocycles. The van der Waals surface area contributed by atoms with Crippen LogP contribution in [0.4, 0.5) is 0 Å². The summed E-state index contributed by atoms with van der Waals surface area (Å²) in [6.45, 7) is 3.36. The van der Waals surface area contributed by atoms with E-state index in [0.29, 0.717) is 12.8 Å². The summed E-state index contributed by atoms with van der Waals surface area (Å²) in [6, 6.07) is -1.39. The molecule has 0 rings (SSSR count). The van der Waals surface area contributed by atoms with Crippen molar-refractivity contribution in [3.8, 4) is 0 Å². The van der Waals surface area contributed by atoms with Crippen molar-refractivity contribution >= 4 is 23.8 Å². The van der Waals surface area contributed by atoms with Crippen LogP contribution in [0.3, 0.4) is 0 Å². The Bertz CT molecular complexity index is 900. The molecule has 0 aromatic heterocycles. The van der Waals surface area contributed by atoms with E-state index in [1.165, 1.54) is 57.8 Å². The van der Waals surface area contributed by atoms with Crippen molar-refractivity contribution in [3.63, 3.8) is 0 Å². The quantitative estimate of drug-likeness (QED) is 0.0326. The Morgan fingerprint density at radius 3 is 1.89 bits per heavy atom.